The molecule has 1 saturated heterocycles. The molecule has 0 spiro atoms. The number of hydrogen-bond acceptors (Lipinski definition) is 6. The molecule has 7 heteroatoms. The van der Waals surface area contributed by atoms with Crippen LogP contribution in [-0.2, 0) is 17.8 Å². The molecule has 3 heterocycles. The predicted octanol–water partition coefficient (Wildman–Crippen LogP) is 3.25. The lowest BCUT2D eigenvalue weighted by atomic mass is 10.0. The predicted molar refractivity (Wildman–Crippen MR) is 111 cm³/mol. The summed E-state index contributed by atoms with van der Waals surface area (Å²) in [6, 6.07) is 7.90. The van der Waals surface area contributed by atoms with Crippen molar-refractivity contribution in [3.63, 3.8) is 0 Å². The average molecular weight is 393 g/mol. The van der Waals surface area contributed by atoms with Crippen molar-refractivity contribution in [1.29, 1.82) is 0 Å². The summed E-state index contributed by atoms with van der Waals surface area (Å²) in [4.78, 5) is 11.7. The first kappa shape index (κ1) is 19.5. The molecule has 1 fully saturated rings. The number of methoxy groups -OCH3 is 1. The van der Waals surface area contributed by atoms with Gasteiger partial charge in [0.05, 0.1) is 30.8 Å². The molecule has 1 aromatic carbocycles. The molecule has 1 aliphatic heterocycles. The number of benzene rings is 1. The molecule has 7 nitrogen and oxygen atoms in total. The Hall–Kier alpha value is -2.77. The quantitative estimate of drug-likeness (QED) is 0.641. The third-order valence-electron chi connectivity index (χ3n) is 5.29. The van der Waals surface area contributed by atoms with E-state index >= 15 is 0 Å². The van der Waals surface area contributed by atoms with E-state index in [0.29, 0.717) is 6.61 Å². The maximum atomic E-state index is 6.11. The van der Waals surface area contributed by atoms with Gasteiger partial charge < -0.3 is 9.47 Å². The number of rotatable bonds is 6. The number of hydrogen-bond donors (Lipinski definition) is 0. The summed E-state index contributed by atoms with van der Waals surface area (Å²) >= 11 is 0. The van der Waals surface area contributed by atoms with Gasteiger partial charge >= 0.3 is 0 Å². The fourth-order valence-corrected chi connectivity index (χ4v) is 3.71. The third kappa shape index (κ3) is 4.31. The van der Waals surface area contributed by atoms with E-state index in [0.717, 1.165) is 54.6 Å². The first-order chi connectivity index (χ1) is 14.2. The van der Waals surface area contributed by atoms with Crippen LogP contribution in [0.4, 0.5) is 0 Å². The van der Waals surface area contributed by atoms with Crippen LogP contribution in [0.5, 0.6) is 5.75 Å². The van der Waals surface area contributed by atoms with Gasteiger partial charge in [-0.25, -0.2) is 0 Å². The Labute approximate surface area is 171 Å². The van der Waals surface area contributed by atoms with Crippen LogP contribution < -0.4 is 4.74 Å². The van der Waals surface area contributed by atoms with Gasteiger partial charge in [-0.15, -0.1) is 0 Å². The molecule has 0 unspecified atom stereocenters. The summed E-state index contributed by atoms with van der Waals surface area (Å²) in [6.45, 7) is 8.25. The number of ether oxygens (including phenoxy) is 2. The summed E-state index contributed by atoms with van der Waals surface area (Å²) in [5.74, 6) is 0.800. The lowest BCUT2D eigenvalue weighted by molar-refractivity contribution is -0.0349. The molecule has 0 radical (unpaired) electrons. The van der Waals surface area contributed by atoms with Gasteiger partial charge in [0, 0.05) is 55.9 Å². The van der Waals surface area contributed by atoms with Crippen LogP contribution in [0.3, 0.4) is 0 Å². The van der Waals surface area contributed by atoms with E-state index in [9.17, 15) is 0 Å². The Kier molecular flexibility index (Phi) is 5.87. The molecule has 2 aromatic heterocycles. The van der Waals surface area contributed by atoms with Crippen molar-refractivity contribution in [1.82, 2.24) is 24.6 Å². The van der Waals surface area contributed by atoms with Crippen LogP contribution >= 0.6 is 0 Å². The van der Waals surface area contributed by atoms with Crippen molar-refractivity contribution >= 4 is 0 Å². The van der Waals surface area contributed by atoms with Crippen molar-refractivity contribution in [2.24, 2.45) is 0 Å². The average Bonchev–Trinajstić information content (AvgIpc) is 3.13. The standard InChI is InChI=1S/C22H27N5O2/c1-4-27-14-18(16(2)25-27)13-26-10-11-29-20(15-26)22-21(23-8-9-24-22)17-6-5-7-19(12-17)28-3/h5-9,12,14,20H,4,10-11,13,15H2,1-3H3/t20-/m1/s1. The maximum absolute atomic E-state index is 6.11. The summed E-state index contributed by atoms with van der Waals surface area (Å²) in [7, 11) is 1.67. The Balaban J connectivity index is 1.56. The molecule has 3 aromatic rings. The second kappa shape index (κ2) is 8.71. The number of aryl methyl sites for hydroxylation is 2. The zero-order valence-electron chi connectivity index (χ0n) is 17.2. The molecule has 0 amide bonds. The second-order valence-corrected chi connectivity index (χ2v) is 7.21. The van der Waals surface area contributed by atoms with Gasteiger partial charge in [0.2, 0.25) is 0 Å². The first-order valence-corrected chi connectivity index (χ1v) is 10.00. The van der Waals surface area contributed by atoms with Crippen LogP contribution in [0.15, 0.2) is 42.9 Å². The van der Waals surface area contributed by atoms with E-state index in [1.165, 1.54) is 5.56 Å². The van der Waals surface area contributed by atoms with Gasteiger partial charge in [-0.3, -0.25) is 19.5 Å². The van der Waals surface area contributed by atoms with Gasteiger partial charge in [0.15, 0.2) is 0 Å². The molecule has 1 atom stereocenters. The SMILES string of the molecule is CCn1cc(CN2CCO[C@@H](c3nccnc3-c3cccc(OC)c3)C2)c(C)n1. The van der Waals surface area contributed by atoms with Gasteiger partial charge in [0.25, 0.3) is 0 Å². The molecule has 0 saturated carbocycles. The number of morpholine rings is 1. The van der Waals surface area contributed by atoms with Crippen LogP contribution in [-0.4, -0.2) is 51.5 Å². The zero-order chi connectivity index (χ0) is 20.2. The normalized spacial score (nSPS) is 17.4. The highest BCUT2D eigenvalue weighted by atomic mass is 16.5. The number of nitrogens with zero attached hydrogens (tertiary/aromatic N) is 5. The van der Waals surface area contributed by atoms with Gasteiger partial charge in [-0.05, 0) is 26.0 Å². The van der Waals surface area contributed by atoms with Gasteiger partial charge in [-0.1, -0.05) is 12.1 Å². The molecule has 0 N–H and O–H groups in total. The van der Waals surface area contributed by atoms with E-state index < -0.39 is 0 Å². The molecular weight excluding hydrogens is 366 g/mol. The summed E-state index contributed by atoms with van der Waals surface area (Å²) in [5.41, 5.74) is 5.04. The third-order valence-corrected chi connectivity index (χ3v) is 5.29. The molecule has 29 heavy (non-hydrogen) atoms. The lowest BCUT2D eigenvalue weighted by Crippen LogP contribution is -2.38. The van der Waals surface area contributed by atoms with Crippen molar-refractivity contribution in [3.8, 4) is 17.0 Å². The Morgan fingerprint density at radius 1 is 1.24 bits per heavy atom. The minimum absolute atomic E-state index is 0.125. The van der Waals surface area contributed by atoms with E-state index in [-0.39, 0.29) is 6.10 Å². The molecule has 1 aliphatic rings. The summed E-state index contributed by atoms with van der Waals surface area (Å²) < 4.78 is 13.5. The maximum Gasteiger partial charge on any atom is 0.119 e. The minimum Gasteiger partial charge on any atom is -0.497 e. The van der Waals surface area contributed by atoms with E-state index in [4.69, 9.17) is 9.47 Å². The Morgan fingerprint density at radius 3 is 2.90 bits per heavy atom. The van der Waals surface area contributed by atoms with Crippen LogP contribution in [0.2, 0.25) is 0 Å². The van der Waals surface area contributed by atoms with Crippen molar-refractivity contribution in [2.45, 2.75) is 33.0 Å². The first-order valence-electron chi connectivity index (χ1n) is 10.00. The Bertz CT molecular complexity index is 971. The molecular formula is C22H27N5O2. The van der Waals surface area contributed by atoms with Gasteiger partial charge in [-0.2, -0.15) is 5.10 Å². The number of aromatic nitrogens is 4. The molecule has 0 aliphatic carbocycles. The minimum atomic E-state index is -0.125. The van der Waals surface area contributed by atoms with Crippen molar-refractivity contribution in [2.75, 3.05) is 26.8 Å². The largest absolute Gasteiger partial charge is 0.497 e. The molecule has 152 valence electrons. The highest BCUT2D eigenvalue weighted by molar-refractivity contribution is 5.63. The van der Waals surface area contributed by atoms with Crippen molar-refractivity contribution in [3.05, 3.63) is 59.8 Å². The van der Waals surface area contributed by atoms with Crippen LogP contribution in [0.25, 0.3) is 11.3 Å². The summed E-state index contributed by atoms with van der Waals surface area (Å²) in [6.07, 6.45) is 5.47. The summed E-state index contributed by atoms with van der Waals surface area (Å²) in [5, 5.41) is 4.57. The van der Waals surface area contributed by atoms with Crippen molar-refractivity contribution < 1.29 is 9.47 Å². The zero-order valence-corrected chi connectivity index (χ0v) is 17.2. The fraction of sp³-hybridized carbons (Fsp3) is 0.409. The smallest absolute Gasteiger partial charge is 0.119 e. The van der Waals surface area contributed by atoms with Crippen LogP contribution in [0, 0.1) is 6.92 Å². The molecule has 0 bridgehead atoms. The topological polar surface area (TPSA) is 65.3 Å². The lowest BCUT2D eigenvalue weighted by Gasteiger charge is -2.33. The monoisotopic (exact) mass is 393 g/mol. The fourth-order valence-electron chi connectivity index (χ4n) is 3.71. The highest BCUT2D eigenvalue weighted by Crippen LogP contribution is 2.31. The highest BCUT2D eigenvalue weighted by Gasteiger charge is 2.27. The van der Waals surface area contributed by atoms with Gasteiger partial charge in [0.1, 0.15) is 11.9 Å². The van der Waals surface area contributed by atoms with E-state index in [2.05, 4.69) is 40.0 Å². The van der Waals surface area contributed by atoms with E-state index in [1.54, 1.807) is 19.5 Å². The van der Waals surface area contributed by atoms with Crippen LogP contribution in [0.1, 0.15) is 30.0 Å². The molecule has 4 rings (SSSR count). The van der Waals surface area contributed by atoms with E-state index in [1.807, 2.05) is 28.9 Å². The Morgan fingerprint density at radius 2 is 2.10 bits per heavy atom. The second-order valence-electron chi connectivity index (χ2n) is 7.21.